The summed E-state index contributed by atoms with van der Waals surface area (Å²) in [6, 6.07) is 0. The Morgan fingerprint density at radius 2 is 2.18 bits per heavy atom. The van der Waals surface area contributed by atoms with E-state index in [1.165, 1.54) is 0 Å². The number of hydrogen-bond acceptors (Lipinski definition) is 3. The standard InChI is InChI=1S/C8H15N3/c1-11(2)8(10)5-3-7(9)4-6-8/h3-5H,6,9-10H2,1-2H3. The highest BCUT2D eigenvalue weighted by atomic mass is 15.2. The Labute approximate surface area is 67.3 Å². The minimum Gasteiger partial charge on any atom is -0.399 e. The lowest BCUT2D eigenvalue weighted by molar-refractivity contribution is 0.215. The number of allylic oxidation sites excluding steroid dienone is 1. The summed E-state index contributed by atoms with van der Waals surface area (Å²) in [5.41, 5.74) is 12.0. The van der Waals surface area contributed by atoms with Crippen LogP contribution in [0.25, 0.3) is 0 Å². The molecule has 0 fully saturated rings. The van der Waals surface area contributed by atoms with E-state index in [9.17, 15) is 0 Å². The average molecular weight is 153 g/mol. The van der Waals surface area contributed by atoms with Crippen LogP contribution >= 0.6 is 0 Å². The summed E-state index contributed by atoms with van der Waals surface area (Å²) in [7, 11) is 3.92. The highest BCUT2D eigenvalue weighted by Gasteiger charge is 2.24. The molecule has 0 saturated carbocycles. The van der Waals surface area contributed by atoms with Gasteiger partial charge in [0, 0.05) is 12.1 Å². The molecule has 1 aliphatic carbocycles. The van der Waals surface area contributed by atoms with Crippen molar-refractivity contribution in [2.75, 3.05) is 14.1 Å². The van der Waals surface area contributed by atoms with Gasteiger partial charge in [-0.25, -0.2) is 0 Å². The SMILES string of the molecule is CN(C)C1(N)C=CC(N)=CC1. The van der Waals surface area contributed by atoms with Crippen LogP contribution in [0.2, 0.25) is 0 Å². The largest absolute Gasteiger partial charge is 0.399 e. The van der Waals surface area contributed by atoms with E-state index in [0.717, 1.165) is 12.1 Å². The van der Waals surface area contributed by atoms with Crippen LogP contribution in [-0.2, 0) is 0 Å². The second kappa shape index (κ2) is 2.68. The molecule has 0 amide bonds. The molecule has 0 aromatic rings. The van der Waals surface area contributed by atoms with Crippen molar-refractivity contribution in [2.24, 2.45) is 11.5 Å². The third-order valence-electron chi connectivity index (χ3n) is 2.06. The van der Waals surface area contributed by atoms with Crippen LogP contribution in [0.4, 0.5) is 0 Å². The molecule has 0 bridgehead atoms. The smallest absolute Gasteiger partial charge is 0.0913 e. The normalized spacial score (nSPS) is 30.7. The summed E-state index contributed by atoms with van der Waals surface area (Å²) in [6.45, 7) is 0. The van der Waals surface area contributed by atoms with E-state index in [4.69, 9.17) is 11.5 Å². The highest BCUT2D eigenvalue weighted by Crippen LogP contribution is 2.17. The van der Waals surface area contributed by atoms with E-state index in [1.807, 2.05) is 37.2 Å². The molecule has 3 heteroatoms. The van der Waals surface area contributed by atoms with Crippen LogP contribution in [0.15, 0.2) is 23.9 Å². The molecular weight excluding hydrogens is 138 g/mol. The van der Waals surface area contributed by atoms with Gasteiger partial charge < -0.3 is 11.5 Å². The Kier molecular flexibility index (Phi) is 2.02. The molecule has 3 nitrogen and oxygen atoms in total. The zero-order chi connectivity index (χ0) is 8.48. The fourth-order valence-corrected chi connectivity index (χ4v) is 0.990. The van der Waals surface area contributed by atoms with Gasteiger partial charge in [-0.15, -0.1) is 0 Å². The first-order valence-electron chi connectivity index (χ1n) is 3.66. The van der Waals surface area contributed by atoms with Gasteiger partial charge in [-0.2, -0.15) is 0 Å². The maximum atomic E-state index is 6.00. The molecule has 4 N–H and O–H groups in total. The quantitative estimate of drug-likeness (QED) is 0.522. The topological polar surface area (TPSA) is 55.3 Å². The molecule has 0 spiro atoms. The number of nitrogens with zero attached hydrogens (tertiary/aromatic N) is 1. The molecule has 0 heterocycles. The van der Waals surface area contributed by atoms with E-state index in [1.54, 1.807) is 0 Å². The van der Waals surface area contributed by atoms with Crippen molar-refractivity contribution in [1.29, 1.82) is 0 Å². The summed E-state index contributed by atoms with van der Waals surface area (Å²) in [6.07, 6.45) is 6.51. The molecule has 0 aromatic heterocycles. The van der Waals surface area contributed by atoms with Gasteiger partial charge in [0.05, 0.1) is 5.66 Å². The van der Waals surface area contributed by atoms with Crippen LogP contribution in [0, 0.1) is 0 Å². The molecule has 0 aromatic carbocycles. The van der Waals surface area contributed by atoms with Crippen molar-refractivity contribution in [3.05, 3.63) is 23.9 Å². The fraction of sp³-hybridized carbons (Fsp3) is 0.500. The number of rotatable bonds is 1. The van der Waals surface area contributed by atoms with Crippen LogP contribution < -0.4 is 11.5 Å². The zero-order valence-electron chi connectivity index (χ0n) is 7.04. The maximum Gasteiger partial charge on any atom is 0.0913 e. The van der Waals surface area contributed by atoms with E-state index in [-0.39, 0.29) is 5.66 Å². The highest BCUT2D eigenvalue weighted by molar-refractivity contribution is 5.25. The predicted octanol–water partition coefficient (Wildman–Crippen LogP) is 0.00550. The third-order valence-corrected chi connectivity index (χ3v) is 2.06. The minimum atomic E-state index is -0.344. The molecule has 1 atom stereocenters. The predicted molar refractivity (Wildman–Crippen MR) is 46.6 cm³/mol. The van der Waals surface area contributed by atoms with Crippen LogP contribution in [0.1, 0.15) is 6.42 Å². The summed E-state index contributed by atoms with van der Waals surface area (Å²) in [5.74, 6) is 0. The van der Waals surface area contributed by atoms with Crippen molar-refractivity contribution < 1.29 is 0 Å². The maximum absolute atomic E-state index is 6.00. The Bertz CT molecular complexity index is 205. The fourth-order valence-electron chi connectivity index (χ4n) is 0.990. The minimum absolute atomic E-state index is 0.344. The van der Waals surface area contributed by atoms with E-state index >= 15 is 0 Å². The van der Waals surface area contributed by atoms with Gasteiger partial charge in [-0.05, 0) is 26.2 Å². The molecular formula is C8H15N3. The Morgan fingerprint density at radius 3 is 2.55 bits per heavy atom. The first-order chi connectivity index (χ1) is 5.04. The van der Waals surface area contributed by atoms with E-state index < -0.39 is 0 Å². The Hall–Kier alpha value is -0.800. The van der Waals surface area contributed by atoms with Gasteiger partial charge in [0.2, 0.25) is 0 Å². The lowest BCUT2D eigenvalue weighted by Gasteiger charge is -2.34. The third kappa shape index (κ3) is 1.61. The summed E-state index contributed by atoms with van der Waals surface area (Å²) in [4.78, 5) is 1.98. The lowest BCUT2D eigenvalue weighted by atomic mass is 10.00. The average Bonchev–Trinajstić information content (AvgIpc) is 1.95. The lowest BCUT2D eigenvalue weighted by Crippen LogP contribution is -2.51. The number of likely N-dealkylation sites (N-methyl/N-ethyl adjacent to an activating group) is 1. The van der Waals surface area contributed by atoms with Crippen LogP contribution in [-0.4, -0.2) is 24.7 Å². The molecule has 1 unspecified atom stereocenters. The molecule has 0 radical (unpaired) electrons. The van der Waals surface area contributed by atoms with Crippen molar-refractivity contribution >= 4 is 0 Å². The summed E-state index contributed by atoms with van der Waals surface area (Å²) < 4.78 is 0. The monoisotopic (exact) mass is 153 g/mol. The Morgan fingerprint density at radius 1 is 1.55 bits per heavy atom. The van der Waals surface area contributed by atoms with Crippen molar-refractivity contribution in [3.8, 4) is 0 Å². The zero-order valence-corrected chi connectivity index (χ0v) is 7.04. The van der Waals surface area contributed by atoms with Crippen molar-refractivity contribution in [2.45, 2.75) is 12.1 Å². The number of hydrogen-bond donors (Lipinski definition) is 2. The van der Waals surface area contributed by atoms with E-state index in [0.29, 0.717) is 0 Å². The number of nitrogens with two attached hydrogens (primary N) is 2. The molecule has 1 aliphatic rings. The second-order valence-electron chi connectivity index (χ2n) is 3.13. The second-order valence-corrected chi connectivity index (χ2v) is 3.13. The molecule has 62 valence electrons. The molecule has 1 rings (SSSR count). The van der Waals surface area contributed by atoms with Gasteiger partial charge in [0.1, 0.15) is 0 Å². The van der Waals surface area contributed by atoms with Gasteiger partial charge in [-0.1, -0.05) is 6.08 Å². The molecule has 0 aliphatic heterocycles. The summed E-state index contributed by atoms with van der Waals surface area (Å²) in [5, 5.41) is 0. The van der Waals surface area contributed by atoms with Gasteiger partial charge >= 0.3 is 0 Å². The van der Waals surface area contributed by atoms with Crippen molar-refractivity contribution in [1.82, 2.24) is 4.90 Å². The van der Waals surface area contributed by atoms with Gasteiger partial charge in [0.25, 0.3) is 0 Å². The molecule has 11 heavy (non-hydrogen) atoms. The first kappa shape index (κ1) is 8.30. The van der Waals surface area contributed by atoms with Crippen LogP contribution in [0.5, 0.6) is 0 Å². The first-order valence-corrected chi connectivity index (χ1v) is 3.66. The van der Waals surface area contributed by atoms with Gasteiger partial charge in [-0.3, -0.25) is 4.90 Å². The van der Waals surface area contributed by atoms with Gasteiger partial charge in [0.15, 0.2) is 0 Å². The summed E-state index contributed by atoms with van der Waals surface area (Å²) >= 11 is 0. The molecule has 0 saturated heterocycles. The Balaban J connectivity index is 2.74. The van der Waals surface area contributed by atoms with E-state index in [2.05, 4.69) is 0 Å². The van der Waals surface area contributed by atoms with Crippen LogP contribution in [0.3, 0.4) is 0 Å². The van der Waals surface area contributed by atoms with Crippen molar-refractivity contribution in [3.63, 3.8) is 0 Å².